The van der Waals surface area contributed by atoms with Crippen molar-refractivity contribution in [3.63, 3.8) is 0 Å². The summed E-state index contributed by atoms with van der Waals surface area (Å²) in [6.07, 6.45) is 32.2. The summed E-state index contributed by atoms with van der Waals surface area (Å²) in [5.41, 5.74) is 0.743. The molecule has 246 valence electrons. The van der Waals surface area contributed by atoms with Crippen molar-refractivity contribution >= 4 is 11.8 Å². The van der Waals surface area contributed by atoms with E-state index in [0.29, 0.717) is 12.5 Å². The van der Waals surface area contributed by atoms with Crippen LogP contribution in [0.4, 0.5) is 0 Å². The maximum absolute atomic E-state index is 12.9. The van der Waals surface area contributed by atoms with Crippen LogP contribution >= 0.6 is 0 Å². The first-order valence-corrected chi connectivity index (χ1v) is 18.4. The molecule has 0 saturated carbocycles. The Kier molecular flexibility index (Phi) is 23.1. The van der Waals surface area contributed by atoms with Gasteiger partial charge in [-0.1, -0.05) is 163 Å². The van der Waals surface area contributed by atoms with Gasteiger partial charge in [0.05, 0.1) is 13.0 Å². The highest BCUT2D eigenvalue weighted by Crippen LogP contribution is 2.36. The molecule has 0 atom stereocenters. The first kappa shape index (κ1) is 38.7. The number of carbonyl (C=O) groups is 2. The maximum atomic E-state index is 12.9. The fourth-order valence-corrected chi connectivity index (χ4v) is 6.18. The molecule has 0 aromatic carbocycles. The Bertz CT molecular complexity index is 711. The van der Waals surface area contributed by atoms with Gasteiger partial charge in [0, 0.05) is 31.3 Å². The van der Waals surface area contributed by atoms with Crippen LogP contribution in [0.1, 0.15) is 189 Å². The number of hydrogen-bond acceptors (Lipinski definition) is 4. The predicted octanol–water partition coefficient (Wildman–Crippen LogP) is 11.4. The number of allylic oxidation sites excluding steroid dienone is 1. The van der Waals surface area contributed by atoms with Crippen molar-refractivity contribution in [3.05, 3.63) is 11.8 Å². The molecule has 42 heavy (non-hydrogen) atoms. The van der Waals surface area contributed by atoms with Gasteiger partial charge in [-0.05, 0) is 24.2 Å². The molecule has 1 aliphatic heterocycles. The van der Waals surface area contributed by atoms with Crippen molar-refractivity contribution < 1.29 is 14.3 Å². The molecule has 0 saturated heterocycles. The third kappa shape index (κ3) is 20.6. The highest BCUT2D eigenvalue weighted by Gasteiger charge is 2.32. The lowest BCUT2D eigenvalue weighted by atomic mass is 9.76. The zero-order chi connectivity index (χ0) is 30.9. The second-order valence-corrected chi connectivity index (χ2v) is 14.3. The number of hydrogen-bond donors (Lipinski definition) is 0. The number of Topliss-reactive ketones (excluding diaryl/α,β-unsaturated/α-hetero) is 1. The third-order valence-electron chi connectivity index (χ3n) is 9.03. The van der Waals surface area contributed by atoms with Gasteiger partial charge in [-0.2, -0.15) is 0 Å². The van der Waals surface area contributed by atoms with Crippen molar-refractivity contribution in [2.45, 2.75) is 189 Å². The number of esters is 1. The Hall–Kier alpha value is -1.32. The summed E-state index contributed by atoms with van der Waals surface area (Å²) in [6.45, 7) is 13.4. The highest BCUT2D eigenvalue weighted by molar-refractivity contribution is 5.98. The van der Waals surface area contributed by atoms with E-state index < -0.39 is 0 Å². The third-order valence-corrected chi connectivity index (χ3v) is 9.03. The fourth-order valence-electron chi connectivity index (χ4n) is 6.18. The molecule has 0 aromatic heterocycles. The molecule has 4 nitrogen and oxygen atoms in total. The van der Waals surface area contributed by atoms with Gasteiger partial charge in [-0.25, -0.2) is 0 Å². The Balaban J connectivity index is 1.90. The summed E-state index contributed by atoms with van der Waals surface area (Å²) in [5, 5.41) is 0. The monoisotopic (exact) mass is 590 g/mol. The van der Waals surface area contributed by atoms with E-state index in [1.54, 1.807) is 0 Å². The summed E-state index contributed by atoms with van der Waals surface area (Å²) in [5.74, 6) is 0.428. The van der Waals surface area contributed by atoms with E-state index in [4.69, 9.17) is 4.74 Å². The average molecular weight is 590 g/mol. The lowest BCUT2D eigenvalue weighted by Gasteiger charge is -2.37. The summed E-state index contributed by atoms with van der Waals surface area (Å²) >= 11 is 0. The van der Waals surface area contributed by atoms with Gasteiger partial charge < -0.3 is 9.64 Å². The van der Waals surface area contributed by atoms with E-state index in [9.17, 15) is 9.59 Å². The van der Waals surface area contributed by atoms with Gasteiger partial charge in [0.25, 0.3) is 0 Å². The summed E-state index contributed by atoms with van der Waals surface area (Å²) < 4.78 is 5.43. The minimum absolute atomic E-state index is 0.0968. The van der Waals surface area contributed by atoms with Crippen LogP contribution in [0.2, 0.25) is 0 Å². The molecular weight excluding hydrogens is 518 g/mol. The van der Waals surface area contributed by atoms with Crippen molar-refractivity contribution in [1.29, 1.82) is 0 Å². The minimum atomic E-state index is -0.232. The van der Waals surface area contributed by atoms with Crippen molar-refractivity contribution in [2.24, 2.45) is 11.3 Å². The van der Waals surface area contributed by atoms with Crippen LogP contribution < -0.4 is 0 Å². The van der Waals surface area contributed by atoms with Crippen molar-refractivity contribution in [3.8, 4) is 0 Å². The van der Waals surface area contributed by atoms with Crippen LogP contribution in [0, 0.1) is 11.3 Å². The number of carbonyl (C=O) groups excluding carboxylic acids is 2. The largest absolute Gasteiger partial charge is 0.466 e. The lowest BCUT2D eigenvalue weighted by molar-refractivity contribution is -0.144. The fraction of sp³-hybridized carbons (Fsp3) is 0.895. The normalized spacial score (nSPS) is 14.8. The smallest absolute Gasteiger partial charge is 0.306 e. The van der Waals surface area contributed by atoms with Crippen LogP contribution in [-0.4, -0.2) is 36.3 Å². The molecule has 0 unspecified atom stereocenters. The van der Waals surface area contributed by atoms with E-state index in [0.717, 1.165) is 37.9 Å². The molecule has 0 aromatic rings. The van der Waals surface area contributed by atoms with Gasteiger partial charge in [-0.15, -0.1) is 0 Å². The molecule has 0 amide bonds. The minimum Gasteiger partial charge on any atom is -0.466 e. The Morgan fingerprint density at radius 3 is 1.57 bits per heavy atom. The standard InChI is InChI=1S/C38H71NO3/c1-6-7-8-9-10-11-12-13-14-15-16-17-18-19-20-21-22-23-24-25-26-31-42-37(41)28-27-36(40)35-33-39(32-34(2)3)30-29-38(35,4)5/h33-34H,6-32H2,1-5H3. The zero-order valence-corrected chi connectivity index (χ0v) is 28.9. The molecule has 4 heteroatoms. The second-order valence-electron chi connectivity index (χ2n) is 14.3. The van der Waals surface area contributed by atoms with Crippen molar-refractivity contribution in [2.75, 3.05) is 19.7 Å². The van der Waals surface area contributed by atoms with E-state index >= 15 is 0 Å². The molecule has 0 spiro atoms. The van der Waals surface area contributed by atoms with E-state index in [1.165, 1.54) is 122 Å². The predicted molar refractivity (Wildman–Crippen MR) is 181 cm³/mol. The van der Waals surface area contributed by atoms with Gasteiger partial charge >= 0.3 is 5.97 Å². The van der Waals surface area contributed by atoms with Crippen LogP contribution in [0.3, 0.4) is 0 Å². The van der Waals surface area contributed by atoms with E-state index in [1.807, 2.05) is 0 Å². The van der Waals surface area contributed by atoms with Crippen LogP contribution in [0.25, 0.3) is 0 Å². The van der Waals surface area contributed by atoms with Crippen LogP contribution in [-0.2, 0) is 14.3 Å². The quantitative estimate of drug-likeness (QED) is 0.0672. The summed E-state index contributed by atoms with van der Waals surface area (Å²) in [7, 11) is 0. The molecule has 0 aliphatic carbocycles. The number of ether oxygens (including phenoxy) is 1. The Morgan fingerprint density at radius 1 is 0.714 bits per heavy atom. The summed E-state index contributed by atoms with van der Waals surface area (Å²) in [4.78, 5) is 27.4. The Labute approximate surface area is 262 Å². The first-order valence-electron chi connectivity index (χ1n) is 18.4. The van der Waals surface area contributed by atoms with E-state index in [-0.39, 0.29) is 30.0 Å². The highest BCUT2D eigenvalue weighted by atomic mass is 16.5. The molecule has 0 bridgehead atoms. The van der Waals surface area contributed by atoms with Gasteiger partial charge in [0.1, 0.15) is 0 Å². The molecule has 0 radical (unpaired) electrons. The van der Waals surface area contributed by atoms with E-state index in [2.05, 4.69) is 45.7 Å². The Morgan fingerprint density at radius 2 is 1.14 bits per heavy atom. The average Bonchev–Trinajstić information content (AvgIpc) is 2.95. The van der Waals surface area contributed by atoms with Gasteiger partial charge in [-0.3, -0.25) is 9.59 Å². The molecule has 1 rings (SSSR count). The lowest BCUT2D eigenvalue weighted by Crippen LogP contribution is -2.36. The number of ketones is 1. The first-order chi connectivity index (χ1) is 20.3. The van der Waals surface area contributed by atoms with Gasteiger partial charge in [0.15, 0.2) is 5.78 Å². The zero-order valence-electron chi connectivity index (χ0n) is 28.9. The molecular formula is C38H71NO3. The second kappa shape index (κ2) is 25.1. The summed E-state index contributed by atoms with van der Waals surface area (Å²) in [6, 6.07) is 0. The topological polar surface area (TPSA) is 46.6 Å². The number of rotatable bonds is 28. The molecule has 0 fully saturated rings. The van der Waals surface area contributed by atoms with Crippen molar-refractivity contribution in [1.82, 2.24) is 4.90 Å². The molecule has 0 N–H and O–H groups in total. The van der Waals surface area contributed by atoms with Crippen LogP contribution in [0.5, 0.6) is 0 Å². The SMILES string of the molecule is CCCCCCCCCCCCCCCCCCCCCCCOC(=O)CCC(=O)C1=CN(CC(C)C)CCC1(C)C. The number of nitrogens with zero attached hydrogens (tertiary/aromatic N) is 1. The molecule has 1 aliphatic rings. The van der Waals surface area contributed by atoms with Gasteiger partial charge in [0.2, 0.25) is 0 Å². The molecule has 1 heterocycles. The number of unbranched alkanes of at least 4 members (excludes halogenated alkanes) is 20. The maximum Gasteiger partial charge on any atom is 0.306 e. The van der Waals surface area contributed by atoms with Crippen LogP contribution in [0.15, 0.2) is 11.8 Å².